The van der Waals surface area contributed by atoms with E-state index >= 15 is 0 Å². The average Bonchev–Trinajstić information content (AvgIpc) is 2.47. The fourth-order valence-corrected chi connectivity index (χ4v) is 3.48. The third-order valence-corrected chi connectivity index (χ3v) is 4.90. The van der Waals surface area contributed by atoms with Crippen molar-refractivity contribution in [2.24, 2.45) is 17.8 Å². The lowest BCUT2D eigenvalue weighted by atomic mass is 9.80. The van der Waals surface area contributed by atoms with Gasteiger partial charge in [-0.2, -0.15) is 13.2 Å². The molecule has 0 aromatic rings. The van der Waals surface area contributed by atoms with E-state index in [1.165, 1.54) is 0 Å². The van der Waals surface area contributed by atoms with Gasteiger partial charge in [-0.05, 0) is 44.4 Å². The van der Waals surface area contributed by atoms with Crippen molar-refractivity contribution < 1.29 is 27.9 Å². The molecule has 1 N–H and O–H groups in total. The summed E-state index contributed by atoms with van der Waals surface area (Å²) in [6.07, 6.45) is -1.59. The number of amides is 1. The fourth-order valence-electron chi connectivity index (χ4n) is 3.48. The van der Waals surface area contributed by atoms with Gasteiger partial charge < -0.3 is 10.0 Å². The second kappa shape index (κ2) is 6.87. The molecule has 0 radical (unpaired) electrons. The zero-order chi connectivity index (χ0) is 16.3. The first-order chi connectivity index (χ1) is 10.3. The Balaban J connectivity index is 1.79. The van der Waals surface area contributed by atoms with Crippen LogP contribution in [0.2, 0.25) is 0 Å². The molecular formula is C15H22F3NO3. The third kappa shape index (κ3) is 4.36. The van der Waals surface area contributed by atoms with Crippen LogP contribution >= 0.6 is 0 Å². The smallest absolute Gasteiger partial charge is 0.391 e. The number of halogens is 3. The van der Waals surface area contributed by atoms with E-state index in [0.29, 0.717) is 32.2 Å². The van der Waals surface area contributed by atoms with Crippen LogP contribution in [0.1, 0.15) is 44.9 Å². The molecule has 1 heterocycles. The lowest BCUT2D eigenvalue weighted by molar-refractivity contribution is -0.184. The van der Waals surface area contributed by atoms with Crippen LogP contribution in [0.3, 0.4) is 0 Å². The van der Waals surface area contributed by atoms with Crippen LogP contribution in [0.5, 0.6) is 0 Å². The van der Waals surface area contributed by atoms with Crippen LogP contribution in [0, 0.1) is 17.8 Å². The molecule has 1 amide bonds. The zero-order valence-corrected chi connectivity index (χ0v) is 12.4. The molecule has 1 unspecified atom stereocenters. The number of likely N-dealkylation sites (tertiary alicyclic amines) is 1. The van der Waals surface area contributed by atoms with Crippen LogP contribution < -0.4 is 0 Å². The molecule has 22 heavy (non-hydrogen) atoms. The van der Waals surface area contributed by atoms with Gasteiger partial charge in [-0.15, -0.1) is 0 Å². The topological polar surface area (TPSA) is 57.6 Å². The quantitative estimate of drug-likeness (QED) is 0.869. The molecule has 126 valence electrons. The van der Waals surface area contributed by atoms with Gasteiger partial charge in [0.25, 0.3) is 0 Å². The van der Waals surface area contributed by atoms with Gasteiger partial charge in [-0.1, -0.05) is 0 Å². The van der Waals surface area contributed by atoms with Crippen molar-refractivity contribution in [2.75, 3.05) is 13.1 Å². The number of nitrogens with zero attached hydrogens (tertiary/aromatic N) is 1. The summed E-state index contributed by atoms with van der Waals surface area (Å²) < 4.78 is 37.8. The maximum absolute atomic E-state index is 12.6. The van der Waals surface area contributed by atoms with E-state index in [-0.39, 0.29) is 37.6 Å². The van der Waals surface area contributed by atoms with Gasteiger partial charge in [0, 0.05) is 19.5 Å². The van der Waals surface area contributed by atoms with Crippen molar-refractivity contribution in [2.45, 2.75) is 51.1 Å². The number of carbonyl (C=O) groups is 2. The summed E-state index contributed by atoms with van der Waals surface area (Å²) in [7, 11) is 0. The Kier molecular flexibility index (Phi) is 5.34. The molecule has 0 aromatic carbocycles. The molecule has 4 nitrogen and oxygen atoms in total. The van der Waals surface area contributed by atoms with Crippen molar-refractivity contribution in [3.05, 3.63) is 0 Å². The predicted octanol–water partition coefficient (Wildman–Crippen LogP) is 3.07. The summed E-state index contributed by atoms with van der Waals surface area (Å²) in [6.45, 7) is 0.784. The standard InChI is InChI=1S/C15H22F3NO3/c16-15(17,18)12-5-3-10(4-6-12)8-13(20)19-7-1-2-11(9-19)14(21)22/h10-12H,1-9H2,(H,21,22). The first-order valence-corrected chi connectivity index (χ1v) is 7.84. The van der Waals surface area contributed by atoms with Gasteiger partial charge in [0.15, 0.2) is 0 Å². The summed E-state index contributed by atoms with van der Waals surface area (Å²) >= 11 is 0. The predicted molar refractivity (Wildman–Crippen MR) is 73.1 cm³/mol. The molecular weight excluding hydrogens is 299 g/mol. The second-order valence-corrected chi connectivity index (χ2v) is 6.48. The fraction of sp³-hybridized carbons (Fsp3) is 0.867. The zero-order valence-electron chi connectivity index (χ0n) is 12.4. The lowest BCUT2D eigenvalue weighted by Gasteiger charge is -2.34. The van der Waals surface area contributed by atoms with Crippen molar-refractivity contribution >= 4 is 11.9 Å². The van der Waals surface area contributed by atoms with Gasteiger partial charge in [0.05, 0.1) is 11.8 Å². The SMILES string of the molecule is O=C(O)C1CCCN(C(=O)CC2CCC(C(F)(F)F)CC2)C1. The summed E-state index contributed by atoms with van der Waals surface area (Å²) in [4.78, 5) is 24.8. The Morgan fingerprint density at radius 1 is 1.09 bits per heavy atom. The Bertz CT molecular complexity index is 417. The number of aliphatic carboxylic acids is 1. The maximum atomic E-state index is 12.6. The number of hydrogen-bond donors (Lipinski definition) is 1. The second-order valence-electron chi connectivity index (χ2n) is 6.48. The largest absolute Gasteiger partial charge is 0.481 e. The van der Waals surface area contributed by atoms with Crippen LogP contribution in [-0.2, 0) is 9.59 Å². The summed E-state index contributed by atoms with van der Waals surface area (Å²) in [5.74, 6) is -2.75. The van der Waals surface area contributed by atoms with E-state index in [2.05, 4.69) is 0 Å². The molecule has 1 aliphatic carbocycles. The van der Waals surface area contributed by atoms with Crippen LogP contribution in [0.15, 0.2) is 0 Å². The number of carboxylic acids is 1. The normalized spacial score (nSPS) is 30.1. The monoisotopic (exact) mass is 321 g/mol. The molecule has 0 bridgehead atoms. The van der Waals surface area contributed by atoms with Crippen LogP contribution in [0.4, 0.5) is 13.2 Å². The van der Waals surface area contributed by atoms with Crippen LogP contribution in [0.25, 0.3) is 0 Å². The molecule has 0 aromatic heterocycles. The summed E-state index contributed by atoms with van der Waals surface area (Å²) in [5.41, 5.74) is 0. The number of rotatable bonds is 3. The average molecular weight is 321 g/mol. The maximum Gasteiger partial charge on any atom is 0.391 e. The highest BCUT2D eigenvalue weighted by Gasteiger charge is 2.41. The van der Waals surface area contributed by atoms with E-state index in [4.69, 9.17) is 5.11 Å². The van der Waals surface area contributed by atoms with Gasteiger partial charge in [0.1, 0.15) is 0 Å². The van der Waals surface area contributed by atoms with Gasteiger partial charge in [0.2, 0.25) is 5.91 Å². The minimum absolute atomic E-state index is 0.00342. The Hall–Kier alpha value is -1.27. The van der Waals surface area contributed by atoms with Crippen molar-refractivity contribution in [1.82, 2.24) is 4.90 Å². The highest BCUT2D eigenvalue weighted by molar-refractivity contribution is 5.78. The summed E-state index contributed by atoms with van der Waals surface area (Å²) in [5, 5.41) is 9.02. The van der Waals surface area contributed by atoms with Crippen molar-refractivity contribution in [3.8, 4) is 0 Å². The Morgan fingerprint density at radius 3 is 2.27 bits per heavy atom. The highest BCUT2D eigenvalue weighted by atomic mass is 19.4. The first kappa shape index (κ1) is 17.1. The highest BCUT2D eigenvalue weighted by Crippen LogP contribution is 2.40. The van der Waals surface area contributed by atoms with E-state index in [1.54, 1.807) is 4.90 Å². The molecule has 1 atom stereocenters. The Morgan fingerprint density at radius 2 is 1.73 bits per heavy atom. The minimum atomic E-state index is -4.13. The summed E-state index contributed by atoms with van der Waals surface area (Å²) in [6, 6.07) is 0. The van der Waals surface area contributed by atoms with Gasteiger partial charge in [-0.25, -0.2) is 0 Å². The molecule has 0 spiro atoms. The number of carboxylic acid groups (broad SMARTS) is 1. The number of piperidine rings is 1. The number of hydrogen-bond acceptors (Lipinski definition) is 2. The van der Waals surface area contributed by atoms with E-state index in [9.17, 15) is 22.8 Å². The molecule has 2 rings (SSSR count). The number of alkyl halides is 3. The van der Waals surface area contributed by atoms with Gasteiger partial charge in [-0.3, -0.25) is 9.59 Å². The lowest BCUT2D eigenvalue weighted by Crippen LogP contribution is -2.43. The molecule has 2 aliphatic rings. The first-order valence-electron chi connectivity index (χ1n) is 7.84. The molecule has 1 aliphatic heterocycles. The van der Waals surface area contributed by atoms with E-state index in [0.717, 1.165) is 0 Å². The molecule has 7 heteroatoms. The van der Waals surface area contributed by atoms with E-state index < -0.39 is 24.0 Å². The molecule has 1 saturated heterocycles. The van der Waals surface area contributed by atoms with Crippen molar-refractivity contribution in [3.63, 3.8) is 0 Å². The molecule has 1 saturated carbocycles. The Labute approximate surface area is 127 Å². The van der Waals surface area contributed by atoms with Crippen molar-refractivity contribution in [1.29, 1.82) is 0 Å². The third-order valence-electron chi connectivity index (χ3n) is 4.90. The number of carbonyl (C=O) groups excluding carboxylic acids is 1. The van der Waals surface area contributed by atoms with Gasteiger partial charge >= 0.3 is 12.1 Å². The minimum Gasteiger partial charge on any atom is -0.481 e. The van der Waals surface area contributed by atoms with E-state index in [1.807, 2.05) is 0 Å². The molecule has 2 fully saturated rings. The van der Waals surface area contributed by atoms with Crippen LogP contribution in [-0.4, -0.2) is 41.1 Å².